The number of amides is 1. The van der Waals surface area contributed by atoms with Gasteiger partial charge in [-0.05, 0) is 26.3 Å². The first-order valence-corrected chi connectivity index (χ1v) is 8.36. The van der Waals surface area contributed by atoms with E-state index in [0.29, 0.717) is 11.5 Å². The highest BCUT2D eigenvalue weighted by Gasteiger charge is 2.33. The summed E-state index contributed by atoms with van der Waals surface area (Å²) in [6.07, 6.45) is 2.59. The Morgan fingerprint density at radius 3 is 3.00 bits per heavy atom. The fourth-order valence-electron chi connectivity index (χ4n) is 2.25. The fraction of sp³-hybridized carbons (Fsp3) is 0.562. The zero-order valence-corrected chi connectivity index (χ0v) is 14.5. The van der Waals surface area contributed by atoms with Crippen LogP contribution in [0.2, 0.25) is 0 Å². The molecule has 5 nitrogen and oxygen atoms in total. The van der Waals surface area contributed by atoms with Gasteiger partial charge in [0.05, 0.1) is 0 Å². The van der Waals surface area contributed by atoms with Crippen molar-refractivity contribution in [1.29, 1.82) is 0 Å². The molecule has 1 aromatic carbocycles. The molecule has 1 aliphatic rings. The monoisotopic (exact) mass is 324 g/mol. The van der Waals surface area contributed by atoms with Gasteiger partial charge in [0.25, 0.3) is 0 Å². The van der Waals surface area contributed by atoms with Gasteiger partial charge in [-0.2, -0.15) is 0 Å². The minimum Gasteiger partial charge on any atom is -0.483 e. The van der Waals surface area contributed by atoms with E-state index >= 15 is 0 Å². The number of rotatable bonds is 6. The first kappa shape index (κ1) is 17.0. The normalized spacial score (nSPS) is 15.1. The highest BCUT2D eigenvalue weighted by Crippen LogP contribution is 2.41. The second kappa shape index (κ2) is 7.24. The van der Waals surface area contributed by atoms with E-state index in [9.17, 15) is 4.79 Å². The molecule has 1 N–H and O–H groups in total. The minimum atomic E-state index is -0.421. The Morgan fingerprint density at radius 1 is 1.50 bits per heavy atom. The van der Waals surface area contributed by atoms with E-state index in [1.54, 1.807) is 13.1 Å². The molecular formula is C16H24N2O3S. The van der Waals surface area contributed by atoms with Crippen LogP contribution < -0.4 is 14.2 Å². The number of fused-ring (bicyclic) bond motifs is 1. The summed E-state index contributed by atoms with van der Waals surface area (Å²) >= 11 is 1.24. The highest BCUT2D eigenvalue weighted by molar-refractivity contribution is 7.95. The fourth-order valence-corrected chi connectivity index (χ4v) is 2.80. The summed E-state index contributed by atoms with van der Waals surface area (Å²) in [7, 11) is 1.68. The first-order chi connectivity index (χ1) is 10.4. The smallest absolute Gasteiger partial charge is 0.426 e. The molecule has 2 rings (SSSR count). The van der Waals surface area contributed by atoms with E-state index in [1.807, 2.05) is 26.0 Å². The van der Waals surface area contributed by atoms with Crippen LogP contribution >= 0.6 is 12.1 Å². The third kappa shape index (κ3) is 4.30. The van der Waals surface area contributed by atoms with Gasteiger partial charge in [0.15, 0.2) is 11.5 Å². The molecule has 0 bridgehead atoms. The van der Waals surface area contributed by atoms with E-state index in [2.05, 4.69) is 11.6 Å². The molecule has 0 saturated heterocycles. The van der Waals surface area contributed by atoms with Crippen molar-refractivity contribution in [3.05, 3.63) is 23.8 Å². The van der Waals surface area contributed by atoms with Gasteiger partial charge < -0.3 is 9.47 Å². The molecule has 122 valence electrons. The highest BCUT2D eigenvalue weighted by atomic mass is 32.2. The van der Waals surface area contributed by atoms with Crippen molar-refractivity contribution in [2.75, 3.05) is 13.6 Å². The molecule has 0 unspecified atom stereocenters. The molecule has 0 atom stereocenters. The summed E-state index contributed by atoms with van der Waals surface area (Å²) in [6, 6.07) is 5.66. The number of nitrogens with zero attached hydrogens (tertiary/aromatic N) is 1. The molecule has 0 saturated carbocycles. The predicted molar refractivity (Wildman–Crippen MR) is 89.1 cm³/mol. The van der Waals surface area contributed by atoms with Crippen LogP contribution in [-0.4, -0.2) is 29.6 Å². The average molecular weight is 324 g/mol. The SMILES string of the molecule is CCCCNSN(C)C(=O)Oc1cccc2c1OC(C)(C)C2. The lowest BCUT2D eigenvalue weighted by Gasteiger charge is -2.19. The van der Waals surface area contributed by atoms with Crippen molar-refractivity contribution >= 4 is 18.2 Å². The Morgan fingerprint density at radius 2 is 2.27 bits per heavy atom. The van der Waals surface area contributed by atoms with Crippen LogP contribution in [0, 0.1) is 0 Å². The van der Waals surface area contributed by atoms with Crippen LogP contribution in [0.1, 0.15) is 39.2 Å². The van der Waals surface area contributed by atoms with Gasteiger partial charge in [-0.1, -0.05) is 25.5 Å². The van der Waals surface area contributed by atoms with Gasteiger partial charge in [-0.3, -0.25) is 0 Å². The lowest BCUT2D eigenvalue weighted by molar-refractivity contribution is 0.132. The van der Waals surface area contributed by atoms with Crippen LogP contribution in [0.5, 0.6) is 11.5 Å². The summed E-state index contributed by atoms with van der Waals surface area (Å²) in [4.78, 5) is 12.1. The Bertz CT molecular complexity index is 534. The van der Waals surface area contributed by atoms with Crippen molar-refractivity contribution in [3.63, 3.8) is 0 Å². The molecule has 0 aromatic heterocycles. The van der Waals surface area contributed by atoms with Crippen LogP contribution in [-0.2, 0) is 6.42 Å². The molecule has 6 heteroatoms. The summed E-state index contributed by atoms with van der Waals surface area (Å²) in [5.74, 6) is 1.16. The zero-order chi connectivity index (χ0) is 16.2. The van der Waals surface area contributed by atoms with E-state index in [4.69, 9.17) is 9.47 Å². The molecule has 1 amide bonds. The molecule has 0 aliphatic carbocycles. The molecular weight excluding hydrogens is 300 g/mol. The number of carbonyl (C=O) groups excluding carboxylic acids is 1. The van der Waals surface area contributed by atoms with E-state index < -0.39 is 6.09 Å². The number of hydrogen-bond acceptors (Lipinski definition) is 5. The Labute approximate surface area is 136 Å². The standard InChI is InChI=1S/C16H24N2O3S/c1-5-6-10-17-22-18(4)15(19)20-13-9-7-8-12-11-16(2,3)21-14(12)13/h7-9,17H,5-6,10-11H2,1-4H3. The molecule has 1 heterocycles. The Hall–Kier alpha value is -1.40. The number of hydrogen-bond donors (Lipinski definition) is 1. The van der Waals surface area contributed by atoms with Gasteiger partial charge in [-0.25, -0.2) is 13.8 Å². The quantitative estimate of drug-likeness (QED) is 0.637. The number of benzene rings is 1. The molecule has 1 aliphatic heterocycles. The second-order valence-corrected chi connectivity index (χ2v) is 7.01. The third-order valence-electron chi connectivity index (χ3n) is 3.34. The van der Waals surface area contributed by atoms with Crippen molar-refractivity contribution in [2.45, 2.75) is 45.6 Å². The maximum atomic E-state index is 12.1. The van der Waals surface area contributed by atoms with Crippen molar-refractivity contribution in [1.82, 2.24) is 9.03 Å². The number of para-hydroxylation sites is 1. The number of carbonyl (C=O) groups is 1. The lowest BCUT2D eigenvalue weighted by Crippen LogP contribution is -2.28. The number of unbranched alkanes of at least 4 members (excludes halogenated alkanes) is 1. The molecule has 1 aromatic rings. The minimum absolute atomic E-state index is 0.257. The van der Waals surface area contributed by atoms with Gasteiger partial charge >= 0.3 is 6.09 Å². The molecule has 0 radical (unpaired) electrons. The van der Waals surface area contributed by atoms with Crippen LogP contribution in [0.4, 0.5) is 4.79 Å². The number of nitrogens with one attached hydrogen (secondary N) is 1. The average Bonchev–Trinajstić information content (AvgIpc) is 2.78. The zero-order valence-electron chi connectivity index (χ0n) is 13.6. The first-order valence-electron chi connectivity index (χ1n) is 7.59. The van der Waals surface area contributed by atoms with Gasteiger partial charge in [-0.15, -0.1) is 0 Å². The maximum absolute atomic E-state index is 12.1. The van der Waals surface area contributed by atoms with Crippen molar-refractivity contribution in [2.24, 2.45) is 0 Å². The number of ether oxygens (including phenoxy) is 2. The third-order valence-corrected chi connectivity index (χ3v) is 4.10. The summed E-state index contributed by atoms with van der Waals surface area (Å²) in [5, 5.41) is 0. The van der Waals surface area contributed by atoms with E-state index in [1.165, 1.54) is 16.4 Å². The molecule has 0 spiro atoms. The second-order valence-electron chi connectivity index (χ2n) is 5.99. The van der Waals surface area contributed by atoms with Crippen molar-refractivity contribution < 1.29 is 14.3 Å². The molecule has 0 fully saturated rings. The summed E-state index contributed by atoms with van der Waals surface area (Å²) in [5.41, 5.74) is 0.819. The van der Waals surface area contributed by atoms with Crippen LogP contribution in [0.15, 0.2) is 18.2 Å². The van der Waals surface area contributed by atoms with Crippen LogP contribution in [0.3, 0.4) is 0 Å². The van der Waals surface area contributed by atoms with E-state index in [0.717, 1.165) is 31.4 Å². The van der Waals surface area contributed by atoms with Gasteiger partial charge in [0.2, 0.25) is 0 Å². The van der Waals surface area contributed by atoms with Crippen LogP contribution in [0.25, 0.3) is 0 Å². The van der Waals surface area contributed by atoms with Crippen molar-refractivity contribution in [3.8, 4) is 11.5 Å². The van der Waals surface area contributed by atoms with Gasteiger partial charge in [0.1, 0.15) is 5.60 Å². The Kier molecular flexibility index (Phi) is 5.58. The van der Waals surface area contributed by atoms with Gasteiger partial charge in [0, 0.05) is 37.7 Å². The largest absolute Gasteiger partial charge is 0.483 e. The Balaban J connectivity index is 1.94. The maximum Gasteiger partial charge on any atom is 0.426 e. The molecule has 22 heavy (non-hydrogen) atoms. The lowest BCUT2D eigenvalue weighted by atomic mass is 10.0. The summed E-state index contributed by atoms with van der Waals surface area (Å²) < 4.78 is 15.9. The topological polar surface area (TPSA) is 50.8 Å². The summed E-state index contributed by atoms with van der Waals surface area (Å²) in [6.45, 7) is 7.04. The van der Waals surface area contributed by atoms with E-state index in [-0.39, 0.29) is 5.60 Å². The predicted octanol–water partition coefficient (Wildman–Crippen LogP) is 3.78.